The maximum absolute atomic E-state index is 12.9. The molecule has 1 aromatic carbocycles. The number of thiazole rings is 1. The van der Waals surface area contributed by atoms with Gasteiger partial charge in [-0.2, -0.15) is 0 Å². The first-order chi connectivity index (χ1) is 8.79. The standard InChI is InChI=1S/C11H9FN2O3S2/c1-19(16,17)11-14-8(10(13)15)9(18-11)6-2-4-7(12)5-3-6/h2-5H,1H3,(H2,13,15). The maximum Gasteiger partial charge on any atom is 0.268 e. The van der Waals surface area contributed by atoms with Gasteiger partial charge in [0.1, 0.15) is 11.5 Å². The van der Waals surface area contributed by atoms with Gasteiger partial charge in [0.05, 0.1) is 4.88 Å². The molecule has 2 rings (SSSR count). The van der Waals surface area contributed by atoms with E-state index in [0.717, 1.165) is 17.6 Å². The van der Waals surface area contributed by atoms with E-state index in [0.29, 0.717) is 10.4 Å². The lowest BCUT2D eigenvalue weighted by atomic mass is 10.1. The van der Waals surface area contributed by atoms with Crippen LogP contribution < -0.4 is 5.73 Å². The number of carbonyl (C=O) groups excluding carboxylic acids is 1. The number of halogens is 1. The summed E-state index contributed by atoms with van der Waals surface area (Å²) < 4.78 is 35.5. The molecule has 1 heterocycles. The van der Waals surface area contributed by atoms with Crippen molar-refractivity contribution < 1.29 is 17.6 Å². The highest BCUT2D eigenvalue weighted by Gasteiger charge is 2.22. The minimum atomic E-state index is -3.53. The van der Waals surface area contributed by atoms with Crippen LogP contribution in [-0.2, 0) is 9.84 Å². The molecule has 2 N–H and O–H groups in total. The summed E-state index contributed by atoms with van der Waals surface area (Å²) in [6, 6.07) is 5.28. The summed E-state index contributed by atoms with van der Waals surface area (Å²) in [5.74, 6) is -1.26. The molecule has 0 fully saturated rings. The van der Waals surface area contributed by atoms with E-state index in [4.69, 9.17) is 5.73 Å². The van der Waals surface area contributed by atoms with Crippen molar-refractivity contribution in [3.63, 3.8) is 0 Å². The summed E-state index contributed by atoms with van der Waals surface area (Å²) in [6.07, 6.45) is 0.991. The van der Waals surface area contributed by atoms with Crippen molar-refractivity contribution in [3.8, 4) is 10.4 Å². The van der Waals surface area contributed by atoms with Crippen molar-refractivity contribution in [2.75, 3.05) is 6.26 Å². The van der Waals surface area contributed by atoms with Crippen LogP contribution in [0.3, 0.4) is 0 Å². The zero-order valence-electron chi connectivity index (χ0n) is 9.75. The van der Waals surface area contributed by atoms with Gasteiger partial charge in [0.15, 0.2) is 0 Å². The third-order valence-electron chi connectivity index (χ3n) is 2.26. The first kappa shape index (κ1) is 13.6. The maximum atomic E-state index is 12.9. The minimum Gasteiger partial charge on any atom is -0.364 e. The smallest absolute Gasteiger partial charge is 0.268 e. The average molecular weight is 300 g/mol. The molecule has 0 aliphatic carbocycles. The Morgan fingerprint density at radius 2 is 1.89 bits per heavy atom. The van der Waals surface area contributed by atoms with E-state index >= 15 is 0 Å². The fourth-order valence-corrected chi connectivity index (χ4v) is 3.34. The Morgan fingerprint density at radius 3 is 2.37 bits per heavy atom. The second kappa shape index (κ2) is 4.71. The highest BCUT2D eigenvalue weighted by atomic mass is 32.2. The molecule has 1 aromatic heterocycles. The highest BCUT2D eigenvalue weighted by molar-refractivity contribution is 7.92. The van der Waals surface area contributed by atoms with Crippen LogP contribution in [0.25, 0.3) is 10.4 Å². The van der Waals surface area contributed by atoms with Crippen molar-refractivity contribution in [1.29, 1.82) is 0 Å². The van der Waals surface area contributed by atoms with Gasteiger partial charge in [-0.1, -0.05) is 12.1 Å². The van der Waals surface area contributed by atoms with E-state index in [1.54, 1.807) is 0 Å². The Hall–Kier alpha value is -1.80. The molecule has 19 heavy (non-hydrogen) atoms. The molecule has 2 aromatic rings. The molecule has 0 atom stereocenters. The van der Waals surface area contributed by atoms with Crippen molar-refractivity contribution in [2.24, 2.45) is 5.73 Å². The SMILES string of the molecule is CS(=O)(=O)c1nc(C(N)=O)c(-c2ccc(F)cc2)s1. The van der Waals surface area contributed by atoms with Crippen LogP contribution in [0.1, 0.15) is 10.5 Å². The number of nitrogens with two attached hydrogens (primary N) is 1. The Bertz CT molecular complexity index is 736. The monoisotopic (exact) mass is 300 g/mol. The Morgan fingerprint density at radius 1 is 1.32 bits per heavy atom. The van der Waals surface area contributed by atoms with Gasteiger partial charge >= 0.3 is 0 Å². The quantitative estimate of drug-likeness (QED) is 0.929. The largest absolute Gasteiger partial charge is 0.364 e. The molecule has 0 unspecified atom stereocenters. The summed E-state index contributed by atoms with van der Waals surface area (Å²) in [7, 11) is -3.53. The lowest BCUT2D eigenvalue weighted by Gasteiger charge is -1.98. The second-order valence-corrected chi connectivity index (χ2v) is 6.99. The van der Waals surface area contributed by atoms with E-state index in [1.165, 1.54) is 24.3 Å². The third-order valence-corrected chi connectivity index (χ3v) is 5.05. The lowest BCUT2D eigenvalue weighted by molar-refractivity contribution is 0.0996. The van der Waals surface area contributed by atoms with Crippen molar-refractivity contribution in [1.82, 2.24) is 4.98 Å². The molecule has 100 valence electrons. The Labute approximate surface area is 112 Å². The number of benzene rings is 1. The van der Waals surface area contributed by atoms with Crippen LogP contribution in [-0.4, -0.2) is 25.6 Å². The fraction of sp³-hybridized carbons (Fsp3) is 0.0909. The minimum absolute atomic E-state index is 0.128. The van der Waals surface area contributed by atoms with Crippen molar-refractivity contribution >= 4 is 27.1 Å². The van der Waals surface area contributed by atoms with Gasteiger partial charge in [-0.15, -0.1) is 11.3 Å². The molecule has 8 heteroatoms. The molecule has 1 amide bonds. The number of aromatic nitrogens is 1. The number of primary amides is 1. The topological polar surface area (TPSA) is 90.1 Å². The van der Waals surface area contributed by atoms with Crippen LogP contribution >= 0.6 is 11.3 Å². The predicted octanol–water partition coefficient (Wildman–Crippen LogP) is 1.45. The van der Waals surface area contributed by atoms with E-state index in [-0.39, 0.29) is 10.0 Å². The molecule has 5 nitrogen and oxygen atoms in total. The molecule has 0 radical (unpaired) electrons. The number of rotatable bonds is 3. The molecule has 0 spiro atoms. The number of nitrogens with zero attached hydrogens (tertiary/aromatic N) is 1. The van der Waals surface area contributed by atoms with Gasteiger partial charge in [-0.3, -0.25) is 4.79 Å². The normalized spacial score (nSPS) is 11.5. The van der Waals surface area contributed by atoms with Crippen LogP contribution in [0.4, 0.5) is 4.39 Å². The van der Waals surface area contributed by atoms with Gasteiger partial charge in [0, 0.05) is 6.26 Å². The molecule has 0 aliphatic rings. The molecule has 0 saturated carbocycles. The summed E-state index contributed by atoms with van der Waals surface area (Å²) >= 11 is 0.831. The van der Waals surface area contributed by atoms with Crippen LogP contribution in [0.15, 0.2) is 28.6 Å². The molecular weight excluding hydrogens is 291 g/mol. The number of amides is 1. The summed E-state index contributed by atoms with van der Waals surface area (Å²) in [4.78, 5) is 15.4. The highest BCUT2D eigenvalue weighted by Crippen LogP contribution is 2.32. The summed E-state index contributed by atoms with van der Waals surface area (Å²) in [6.45, 7) is 0. The van der Waals surface area contributed by atoms with Gasteiger partial charge in [0.2, 0.25) is 14.2 Å². The molecule has 0 aliphatic heterocycles. The zero-order chi connectivity index (χ0) is 14.2. The number of hydrogen-bond acceptors (Lipinski definition) is 5. The van der Waals surface area contributed by atoms with E-state index in [9.17, 15) is 17.6 Å². The van der Waals surface area contributed by atoms with E-state index < -0.39 is 21.6 Å². The fourth-order valence-electron chi connectivity index (χ4n) is 1.42. The number of sulfone groups is 1. The predicted molar refractivity (Wildman–Crippen MR) is 69.1 cm³/mol. The molecule has 0 saturated heterocycles. The van der Waals surface area contributed by atoms with Gasteiger partial charge in [-0.05, 0) is 17.7 Å². The second-order valence-electron chi connectivity index (χ2n) is 3.80. The first-order valence-corrected chi connectivity index (χ1v) is 7.76. The Kier molecular flexibility index (Phi) is 3.38. The molecule has 0 bridgehead atoms. The van der Waals surface area contributed by atoms with E-state index in [1.807, 2.05) is 0 Å². The summed E-state index contributed by atoms with van der Waals surface area (Å²) in [5, 5.41) is 0. The van der Waals surface area contributed by atoms with Gasteiger partial charge < -0.3 is 5.73 Å². The van der Waals surface area contributed by atoms with Crippen LogP contribution in [0, 0.1) is 5.82 Å². The van der Waals surface area contributed by atoms with Crippen molar-refractivity contribution in [3.05, 3.63) is 35.8 Å². The zero-order valence-corrected chi connectivity index (χ0v) is 11.4. The summed E-state index contributed by atoms with van der Waals surface area (Å²) in [5.41, 5.74) is 5.54. The lowest BCUT2D eigenvalue weighted by Crippen LogP contribution is -2.13. The van der Waals surface area contributed by atoms with Gasteiger partial charge in [-0.25, -0.2) is 17.8 Å². The van der Waals surface area contributed by atoms with Gasteiger partial charge in [0.25, 0.3) is 5.91 Å². The Balaban J connectivity index is 2.65. The number of carbonyl (C=O) groups is 1. The van der Waals surface area contributed by atoms with Crippen LogP contribution in [0.2, 0.25) is 0 Å². The van der Waals surface area contributed by atoms with Crippen LogP contribution in [0.5, 0.6) is 0 Å². The van der Waals surface area contributed by atoms with E-state index in [2.05, 4.69) is 4.98 Å². The average Bonchev–Trinajstić information content (AvgIpc) is 2.74. The third kappa shape index (κ3) is 2.79. The molecular formula is C11H9FN2O3S2. The number of hydrogen-bond donors (Lipinski definition) is 1. The van der Waals surface area contributed by atoms with Crippen molar-refractivity contribution in [2.45, 2.75) is 4.34 Å². The first-order valence-electron chi connectivity index (χ1n) is 5.05.